The normalized spacial score (nSPS) is 14.6. The minimum atomic E-state index is -0.456. The molecule has 0 unspecified atom stereocenters. The number of carbonyl (C=O) groups is 1. The van der Waals surface area contributed by atoms with Crippen LogP contribution in [0, 0.1) is 12.7 Å². The molecule has 8 heteroatoms. The van der Waals surface area contributed by atoms with Crippen LogP contribution in [0.1, 0.15) is 21.5 Å². The summed E-state index contributed by atoms with van der Waals surface area (Å²) < 4.78 is 20.3. The number of hydrogen-bond acceptors (Lipinski definition) is 5. The van der Waals surface area contributed by atoms with Crippen LogP contribution in [-0.2, 0) is 6.67 Å². The largest absolute Gasteiger partial charge is 0.421 e. The molecule has 1 saturated heterocycles. The van der Waals surface area contributed by atoms with E-state index < -0.39 is 5.76 Å². The van der Waals surface area contributed by atoms with Crippen molar-refractivity contribution in [3.8, 4) is 0 Å². The highest BCUT2D eigenvalue weighted by atomic mass is 35.5. The van der Waals surface area contributed by atoms with E-state index in [1.165, 1.54) is 12.1 Å². The molecule has 6 nitrogen and oxygen atoms in total. The Morgan fingerprint density at radius 2 is 1.76 bits per heavy atom. The molecule has 0 amide bonds. The topological polar surface area (TPSA) is 58.7 Å². The van der Waals surface area contributed by atoms with Gasteiger partial charge in [-0.3, -0.25) is 14.3 Å². The molecule has 3 aromatic carbocycles. The second-order valence-corrected chi connectivity index (χ2v) is 8.93. The van der Waals surface area contributed by atoms with E-state index in [1.54, 1.807) is 47.0 Å². The molecule has 34 heavy (non-hydrogen) atoms. The molecule has 0 saturated carbocycles. The molecule has 1 aliphatic rings. The van der Waals surface area contributed by atoms with E-state index in [4.69, 9.17) is 16.0 Å². The number of oxazole rings is 1. The first-order valence-electron chi connectivity index (χ1n) is 11.1. The number of aromatic nitrogens is 1. The summed E-state index contributed by atoms with van der Waals surface area (Å²) in [7, 11) is 0. The molecule has 5 rings (SSSR count). The van der Waals surface area contributed by atoms with Crippen molar-refractivity contribution in [1.29, 1.82) is 0 Å². The van der Waals surface area contributed by atoms with E-state index >= 15 is 0 Å². The lowest BCUT2D eigenvalue weighted by Crippen LogP contribution is -2.47. The summed E-state index contributed by atoms with van der Waals surface area (Å²) in [6.07, 6.45) is 0. The van der Waals surface area contributed by atoms with Gasteiger partial charge in [0.2, 0.25) is 0 Å². The van der Waals surface area contributed by atoms with E-state index in [9.17, 15) is 14.0 Å². The summed E-state index contributed by atoms with van der Waals surface area (Å²) >= 11 is 6.04. The molecule has 4 aromatic rings. The third-order valence-corrected chi connectivity index (χ3v) is 6.49. The molecule has 0 radical (unpaired) electrons. The van der Waals surface area contributed by atoms with Crippen LogP contribution < -0.4 is 10.7 Å². The highest BCUT2D eigenvalue weighted by molar-refractivity contribution is 6.31. The predicted octanol–water partition coefficient (Wildman–Crippen LogP) is 4.71. The Morgan fingerprint density at radius 3 is 2.47 bits per heavy atom. The van der Waals surface area contributed by atoms with Crippen molar-refractivity contribution in [2.24, 2.45) is 0 Å². The Kier molecular flexibility index (Phi) is 5.98. The van der Waals surface area contributed by atoms with Gasteiger partial charge in [0.05, 0.1) is 12.2 Å². The van der Waals surface area contributed by atoms with E-state index in [-0.39, 0.29) is 11.6 Å². The number of aryl methyl sites for hydroxylation is 1. The maximum atomic E-state index is 13.2. The zero-order valence-electron chi connectivity index (χ0n) is 18.6. The van der Waals surface area contributed by atoms with Gasteiger partial charge in [0.1, 0.15) is 5.82 Å². The number of hydrogen-bond donors (Lipinski definition) is 0. The predicted molar refractivity (Wildman–Crippen MR) is 130 cm³/mol. The number of nitrogens with zero attached hydrogens (tertiary/aromatic N) is 3. The van der Waals surface area contributed by atoms with Gasteiger partial charge in [0.15, 0.2) is 11.4 Å². The van der Waals surface area contributed by atoms with E-state index in [0.29, 0.717) is 33.9 Å². The maximum absolute atomic E-state index is 13.2. The van der Waals surface area contributed by atoms with Crippen LogP contribution in [0.2, 0.25) is 5.02 Å². The van der Waals surface area contributed by atoms with Gasteiger partial charge in [0, 0.05) is 48.0 Å². The lowest BCUT2D eigenvalue weighted by molar-refractivity contribution is 0.103. The number of fused-ring (bicyclic) bond motifs is 1. The Hall–Kier alpha value is -3.42. The van der Waals surface area contributed by atoms with Crippen LogP contribution >= 0.6 is 11.6 Å². The van der Waals surface area contributed by atoms with Crippen LogP contribution in [0.25, 0.3) is 11.1 Å². The van der Waals surface area contributed by atoms with Gasteiger partial charge in [-0.1, -0.05) is 23.7 Å². The lowest BCUT2D eigenvalue weighted by atomic mass is 9.98. The Labute approximate surface area is 200 Å². The highest BCUT2D eigenvalue weighted by Crippen LogP contribution is 2.24. The van der Waals surface area contributed by atoms with Crippen molar-refractivity contribution in [2.45, 2.75) is 13.6 Å². The van der Waals surface area contributed by atoms with Crippen molar-refractivity contribution in [1.82, 2.24) is 9.47 Å². The van der Waals surface area contributed by atoms with Crippen LogP contribution in [0.4, 0.5) is 10.1 Å². The first-order valence-corrected chi connectivity index (χ1v) is 11.4. The SMILES string of the molecule is Cc1cc2c(cc1C(=O)c1cccc(Cl)c1)oc(=O)n2CN1CCN(c2ccc(F)cc2)CC1. The fourth-order valence-corrected chi connectivity index (χ4v) is 4.57. The van der Waals surface area contributed by atoms with Crippen LogP contribution in [0.15, 0.2) is 69.9 Å². The maximum Gasteiger partial charge on any atom is 0.421 e. The molecule has 0 atom stereocenters. The molecule has 0 spiro atoms. The van der Waals surface area contributed by atoms with Crippen LogP contribution in [0.5, 0.6) is 0 Å². The molecule has 0 N–H and O–H groups in total. The van der Waals surface area contributed by atoms with Crippen molar-refractivity contribution < 1.29 is 13.6 Å². The van der Waals surface area contributed by atoms with Gasteiger partial charge in [-0.15, -0.1) is 0 Å². The van der Waals surface area contributed by atoms with Gasteiger partial charge in [-0.2, -0.15) is 0 Å². The number of halogens is 2. The first-order chi connectivity index (χ1) is 16.4. The van der Waals surface area contributed by atoms with E-state index in [1.807, 2.05) is 13.0 Å². The summed E-state index contributed by atoms with van der Waals surface area (Å²) in [6.45, 7) is 5.28. The van der Waals surface area contributed by atoms with Gasteiger partial charge < -0.3 is 9.32 Å². The molecule has 2 heterocycles. The second kappa shape index (κ2) is 9.08. The minimum absolute atomic E-state index is 0.172. The number of ketones is 1. The smallest absolute Gasteiger partial charge is 0.408 e. The molecule has 1 aromatic heterocycles. The zero-order valence-corrected chi connectivity index (χ0v) is 19.4. The quantitative estimate of drug-likeness (QED) is 0.388. The van der Waals surface area contributed by atoms with Crippen molar-refractivity contribution >= 4 is 34.2 Å². The van der Waals surface area contributed by atoms with Crippen LogP contribution in [-0.4, -0.2) is 41.4 Å². The third-order valence-electron chi connectivity index (χ3n) is 6.25. The van der Waals surface area contributed by atoms with Gasteiger partial charge in [-0.25, -0.2) is 9.18 Å². The van der Waals surface area contributed by atoms with Crippen molar-refractivity contribution in [3.63, 3.8) is 0 Å². The van der Waals surface area contributed by atoms with E-state index in [0.717, 1.165) is 37.4 Å². The van der Waals surface area contributed by atoms with Gasteiger partial charge in [0.25, 0.3) is 0 Å². The molecule has 174 valence electrons. The monoisotopic (exact) mass is 479 g/mol. The second-order valence-electron chi connectivity index (χ2n) is 8.49. The van der Waals surface area contributed by atoms with Crippen molar-refractivity contribution in [3.05, 3.63) is 98.7 Å². The molecule has 0 aliphatic carbocycles. The molecule has 0 bridgehead atoms. The average molecular weight is 480 g/mol. The summed E-state index contributed by atoms with van der Waals surface area (Å²) in [5.74, 6) is -0.877. The van der Waals surface area contributed by atoms with Gasteiger partial charge >= 0.3 is 5.76 Å². The third kappa shape index (κ3) is 4.36. The molecular weight excluding hydrogens is 457 g/mol. The summed E-state index contributed by atoms with van der Waals surface area (Å²) in [6, 6.07) is 16.7. The average Bonchev–Trinajstić information content (AvgIpc) is 3.13. The number of benzene rings is 3. The Morgan fingerprint density at radius 1 is 1.03 bits per heavy atom. The fraction of sp³-hybridized carbons (Fsp3) is 0.231. The van der Waals surface area contributed by atoms with Crippen LogP contribution in [0.3, 0.4) is 0 Å². The Balaban J connectivity index is 1.35. The fourth-order valence-electron chi connectivity index (χ4n) is 4.38. The lowest BCUT2D eigenvalue weighted by Gasteiger charge is -2.36. The van der Waals surface area contributed by atoms with Gasteiger partial charge in [-0.05, 0) is 61.0 Å². The summed E-state index contributed by atoms with van der Waals surface area (Å²) in [5.41, 5.74) is 3.74. The van der Waals surface area contributed by atoms with E-state index in [2.05, 4.69) is 9.80 Å². The molecule has 1 fully saturated rings. The highest BCUT2D eigenvalue weighted by Gasteiger charge is 2.21. The Bertz CT molecular complexity index is 1420. The first kappa shape index (κ1) is 22.4. The number of carbonyl (C=O) groups excluding carboxylic acids is 1. The zero-order chi connectivity index (χ0) is 23.8. The summed E-state index contributed by atoms with van der Waals surface area (Å²) in [5, 5.41) is 0.488. The standard InChI is InChI=1S/C26H23ClFN3O3/c1-17-13-23-24(15-22(17)25(32)18-3-2-4-19(27)14-18)34-26(33)31(23)16-29-9-11-30(12-10-29)21-7-5-20(28)6-8-21/h2-8,13-15H,9-12,16H2,1H3. The van der Waals surface area contributed by atoms with Crippen molar-refractivity contribution in [2.75, 3.05) is 31.1 Å². The number of piperazine rings is 1. The summed E-state index contributed by atoms with van der Waals surface area (Å²) in [4.78, 5) is 30.1. The minimum Gasteiger partial charge on any atom is -0.408 e. The number of anilines is 1. The molecular formula is C26H23ClFN3O3. The molecule has 1 aliphatic heterocycles. The number of rotatable bonds is 5.